The van der Waals surface area contributed by atoms with E-state index in [9.17, 15) is 4.79 Å². The molecule has 0 fully saturated rings. The number of benzene rings is 2. The molecule has 0 saturated carbocycles. The first-order valence-corrected chi connectivity index (χ1v) is 10.5. The number of aromatic nitrogens is 3. The van der Waals surface area contributed by atoms with Crippen LogP contribution in [0.5, 0.6) is 5.75 Å². The van der Waals surface area contributed by atoms with Gasteiger partial charge in [-0.2, -0.15) is 0 Å². The van der Waals surface area contributed by atoms with Crippen molar-refractivity contribution in [1.29, 1.82) is 0 Å². The van der Waals surface area contributed by atoms with Gasteiger partial charge in [-0.05, 0) is 31.0 Å². The first kappa shape index (κ1) is 20.1. The quantitative estimate of drug-likeness (QED) is 0.381. The van der Waals surface area contributed by atoms with Gasteiger partial charge in [-0.1, -0.05) is 61.5 Å². The summed E-state index contributed by atoms with van der Waals surface area (Å²) in [5.74, 6) is 1.93. The number of para-hydroxylation sites is 1. The number of rotatable bonds is 9. The van der Waals surface area contributed by atoms with E-state index >= 15 is 0 Å². The molecule has 146 valence electrons. The molecule has 0 aliphatic heterocycles. The van der Waals surface area contributed by atoms with Crippen molar-refractivity contribution in [1.82, 2.24) is 14.8 Å². The third-order valence-corrected chi connectivity index (χ3v) is 5.49. The van der Waals surface area contributed by atoms with Gasteiger partial charge in [-0.25, -0.2) is 0 Å². The normalized spacial score (nSPS) is 10.8. The van der Waals surface area contributed by atoms with Gasteiger partial charge in [-0.3, -0.25) is 4.79 Å². The molecule has 0 radical (unpaired) electrons. The van der Waals surface area contributed by atoms with Crippen molar-refractivity contribution in [2.45, 2.75) is 38.4 Å². The maximum absolute atomic E-state index is 12.6. The topological polar surface area (TPSA) is 57.0 Å². The lowest BCUT2D eigenvalue weighted by Crippen LogP contribution is -2.05. The van der Waals surface area contributed by atoms with E-state index in [1.54, 1.807) is 7.11 Å². The van der Waals surface area contributed by atoms with Crippen LogP contribution in [0.15, 0.2) is 53.7 Å². The van der Waals surface area contributed by atoms with Crippen LogP contribution in [-0.4, -0.2) is 33.4 Å². The number of nitrogens with zero attached hydrogens (tertiary/aromatic N) is 3. The fourth-order valence-electron chi connectivity index (χ4n) is 3.07. The lowest BCUT2D eigenvalue weighted by Gasteiger charge is -2.10. The molecule has 0 unspecified atom stereocenters. The fourth-order valence-corrected chi connectivity index (χ4v) is 3.97. The second kappa shape index (κ2) is 9.55. The van der Waals surface area contributed by atoms with Gasteiger partial charge in [0.25, 0.3) is 0 Å². The molecular weight excluding hydrogens is 370 g/mol. The highest BCUT2D eigenvalue weighted by Crippen LogP contribution is 2.31. The van der Waals surface area contributed by atoms with Gasteiger partial charge in [-0.15, -0.1) is 10.2 Å². The Hall–Kier alpha value is -2.60. The molecule has 0 amide bonds. The largest absolute Gasteiger partial charge is 0.496 e. The van der Waals surface area contributed by atoms with Crippen LogP contribution in [0.25, 0.3) is 11.4 Å². The molecule has 0 aliphatic carbocycles. The monoisotopic (exact) mass is 395 g/mol. The summed E-state index contributed by atoms with van der Waals surface area (Å²) in [4.78, 5) is 12.6. The molecule has 1 aromatic heterocycles. The van der Waals surface area contributed by atoms with E-state index in [1.165, 1.54) is 17.3 Å². The maximum Gasteiger partial charge on any atom is 0.191 e. The second-order valence-corrected chi connectivity index (χ2v) is 7.35. The molecule has 0 atom stereocenters. The Kier molecular flexibility index (Phi) is 6.87. The van der Waals surface area contributed by atoms with Crippen LogP contribution < -0.4 is 4.74 Å². The number of aryl methyl sites for hydroxylation is 1. The smallest absolute Gasteiger partial charge is 0.191 e. The summed E-state index contributed by atoms with van der Waals surface area (Å²) in [6, 6.07) is 15.7. The Morgan fingerprint density at radius 1 is 1.07 bits per heavy atom. The van der Waals surface area contributed by atoms with Gasteiger partial charge in [0, 0.05) is 12.1 Å². The second-order valence-electron chi connectivity index (χ2n) is 6.41. The first-order valence-electron chi connectivity index (χ1n) is 9.49. The zero-order chi connectivity index (χ0) is 19.9. The minimum atomic E-state index is 0.0949. The van der Waals surface area contributed by atoms with Gasteiger partial charge in [0.2, 0.25) is 0 Å². The van der Waals surface area contributed by atoms with Crippen molar-refractivity contribution < 1.29 is 9.53 Å². The molecule has 3 aromatic rings. The average molecular weight is 396 g/mol. The zero-order valence-corrected chi connectivity index (χ0v) is 17.3. The van der Waals surface area contributed by atoms with E-state index < -0.39 is 0 Å². The molecule has 28 heavy (non-hydrogen) atoms. The number of carbonyl (C=O) groups is 1. The summed E-state index contributed by atoms with van der Waals surface area (Å²) in [5, 5.41) is 9.40. The number of ether oxygens (including phenoxy) is 1. The Bertz CT molecular complexity index is 935. The standard InChI is InChI=1S/C22H25N3O2S/c1-4-8-16-11-13-17(14-12-16)19(26)15-28-22-24-23-21(25(22)5-2)18-9-6-7-10-20(18)27-3/h6-7,9-14H,4-5,8,15H2,1-3H3. The van der Waals surface area contributed by atoms with E-state index in [4.69, 9.17) is 4.74 Å². The number of thioether (sulfide) groups is 1. The third-order valence-electron chi connectivity index (χ3n) is 4.53. The number of Topliss-reactive ketones (excluding diaryl/α,β-unsaturated/α-hetero) is 1. The van der Waals surface area contributed by atoms with Crippen molar-refractivity contribution in [2.75, 3.05) is 12.9 Å². The molecule has 0 bridgehead atoms. The lowest BCUT2D eigenvalue weighted by atomic mass is 10.1. The van der Waals surface area contributed by atoms with Crippen LogP contribution in [0.2, 0.25) is 0 Å². The van der Waals surface area contributed by atoms with Crippen molar-refractivity contribution in [3.8, 4) is 17.1 Å². The molecule has 0 spiro atoms. The minimum absolute atomic E-state index is 0.0949. The Balaban J connectivity index is 1.74. The Morgan fingerprint density at radius 2 is 1.82 bits per heavy atom. The van der Waals surface area contributed by atoms with Crippen molar-refractivity contribution in [3.05, 3.63) is 59.7 Å². The van der Waals surface area contributed by atoms with E-state index in [1.807, 2.05) is 60.0 Å². The number of ketones is 1. The Labute approximate surface area is 170 Å². The lowest BCUT2D eigenvalue weighted by molar-refractivity contribution is 0.102. The number of hydrogen-bond acceptors (Lipinski definition) is 5. The third kappa shape index (κ3) is 4.44. The molecule has 5 nitrogen and oxygen atoms in total. The fraction of sp³-hybridized carbons (Fsp3) is 0.318. The van der Waals surface area contributed by atoms with Gasteiger partial charge in [0.05, 0.1) is 18.4 Å². The zero-order valence-electron chi connectivity index (χ0n) is 16.5. The van der Waals surface area contributed by atoms with Crippen LogP contribution >= 0.6 is 11.8 Å². The van der Waals surface area contributed by atoms with Crippen molar-refractivity contribution in [2.24, 2.45) is 0 Å². The summed E-state index contributed by atoms with van der Waals surface area (Å²) in [5.41, 5.74) is 2.89. The molecule has 0 aliphatic rings. The highest BCUT2D eigenvalue weighted by Gasteiger charge is 2.17. The average Bonchev–Trinajstić information content (AvgIpc) is 3.15. The van der Waals surface area contributed by atoms with Crippen LogP contribution in [-0.2, 0) is 13.0 Å². The molecule has 0 saturated heterocycles. The predicted octanol–water partition coefficient (Wildman–Crippen LogP) is 4.90. The highest BCUT2D eigenvalue weighted by molar-refractivity contribution is 7.99. The summed E-state index contributed by atoms with van der Waals surface area (Å²) in [6.07, 6.45) is 2.14. The SMILES string of the molecule is CCCc1ccc(C(=O)CSc2nnc(-c3ccccc3OC)n2CC)cc1. The van der Waals surface area contributed by atoms with Crippen LogP contribution in [0.3, 0.4) is 0 Å². The summed E-state index contributed by atoms with van der Waals surface area (Å²) in [6.45, 7) is 4.90. The molecule has 2 aromatic carbocycles. The first-order chi connectivity index (χ1) is 13.7. The van der Waals surface area contributed by atoms with E-state index in [0.29, 0.717) is 12.3 Å². The highest BCUT2D eigenvalue weighted by atomic mass is 32.2. The van der Waals surface area contributed by atoms with Gasteiger partial charge < -0.3 is 9.30 Å². The molecule has 3 rings (SSSR count). The van der Waals surface area contributed by atoms with Crippen molar-refractivity contribution >= 4 is 17.5 Å². The van der Waals surface area contributed by atoms with Gasteiger partial charge >= 0.3 is 0 Å². The van der Waals surface area contributed by atoms with Crippen molar-refractivity contribution in [3.63, 3.8) is 0 Å². The summed E-state index contributed by atoms with van der Waals surface area (Å²) < 4.78 is 7.46. The maximum atomic E-state index is 12.6. The molecule has 6 heteroatoms. The predicted molar refractivity (Wildman–Crippen MR) is 113 cm³/mol. The molecular formula is C22H25N3O2S. The Morgan fingerprint density at radius 3 is 2.50 bits per heavy atom. The van der Waals surface area contributed by atoms with E-state index in [2.05, 4.69) is 17.1 Å². The number of hydrogen-bond donors (Lipinski definition) is 0. The van der Waals surface area contributed by atoms with Gasteiger partial charge in [0.1, 0.15) is 5.75 Å². The molecule has 0 N–H and O–H groups in total. The summed E-state index contributed by atoms with van der Waals surface area (Å²) >= 11 is 1.42. The number of methoxy groups -OCH3 is 1. The van der Waals surface area contributed by atoms with Crippen LogP contribution in [0.1, 0.15) is 36.2 Å². The van der Waals surface area contributed by atoms with Crippen LogP contribution in [0.4, 0.5) is 0 Å². The minimum Gasteiger partial charge on any atom is -0.496 e. The molecule has 1 heterocycles. The number of carbonyl (C=O) groups excluding carboxylic acids is 1. The van der Waals surface area contributed by atoms with Gasteiger partial charge in [0.15, 0.2) is 16.8 Å². The van der Waals surface area contributed by atoms with E-state index in [0.717, 1.165) is 40.7 Å². The van der Waals surface area contributed by atoms with Crippen LogP contribution in [0, 0.1) is 0 Å². The van der Waals surface area contributed by atoms with E-state index in [-0.39, 0.29) is 5.78 Å². The summed E-state index contributed by atoms with van der Waals surface area (Å²) in [7, 11) is 1.64.